The summed E-state index contributed by atoms with van der Waals surface area (Å²) in [5.41, 5.74) is 2.68. The molecule has 25 heavy (non-hydrogen) atoms. The lowest BCUT2D eigenvalue weighted by atomic mass is 10.1. The van der Waals surface area contributed by atoms with Crippen LogP contribution in [0.25, 0.3) is 6.08 Å². The van der Waals surface area contributed by atoms with Gasteiger partial charge in [-0.15, -0.1) is 4.91 Å². The first-order valence-corrected chi connectivity index (χ1v) is 9.17. The number of nitroso groups, excluding NO2 is 1. The predicted octanol–water partition coefficient (Wildman–Crippen LogP) is 4.59. The summed E-state index contributed by atoms with van der Waals surface area (Å²) in [4.78, 5) is 21.4. The summed E-state index contributed by atoms with van der Waals surface area (Å²) in [5.74, 6) is 0.332. The van der Waals surface area contributed by atoms with E-state index in [2.05, 4.69) is 43.8 Å². The van der Waals surface area contributed by atoms with Crippen LogP contribution in [0.2, 0.25) is 0 Å². The van der Waals surface area contributed by atoms with Crippen LogP contribution in [-0.2, 0) is 9.53 Å². The van der Waals surface area contributed by atoms with Gasteiger partial charge in [0.25, 0.3) is 0 Å². The molecule has 0 bridgehead atoms. The minimum absolute atomic E-state index is 0.0256. The van der Waals surface area contributed by atoms with Crippen LogP contribution in [-0.4, -0.2) is 18.2 Å². The summed E-state index contributed by atoms with van der Waals surface area (Å²) < 4.78 is 5.05. The van der Waals surface area contributed by atoms with Gasteiger partial charge in [-0.25, -0.2) is 0 Å². The van der Waals surface area contributed by atoms with Crippen LogP contribution in [0.15, 0.2) is 60.3 Å². The Bertz CT molecular complexity index is 737. The van der Waals surface area contributed by atoms with E-state index in [-0.39, 0.29) is 11.6 Å². The van der Waals surface area contributed by atoms with Crippen molar-refractivity contribution >= 4 is 31.6 Å². The lowest BCUT2D eigenvalue weighted by molar-refractivity contribution is -0.137. The second-order valence-electron chi connectivity index (χ2n) is 5.99. The Morgan fingerprint density at radius 2 is 2.00 bits per heavy atom. The summed E-state index contributed by atoms with van der Waals surface area (Å²) in [7, 11) is 0.541. The van der Waals surface area contributed by atoms with Crippen molar-refractivity contribution in [2.24, 2.45) is 11.1 Å². The SMILES string of the molecule is C=Cc1cccc(N=O)c1.Cc1cccc(PC2C(=O)OCC2C)c1. The Kier molecular flexibility index (Phi) is 7.03. The van der Waals surface area contributed by atoms with Crippen LogP contribution in [0.4, 0.5) is 5.69 Å². The molecule has 0 saturated carbocycles. The van der Waals surface area contributed by atoms with Gasteiger partial charge in [0.05, 0.1) is 12.3 Å². The van der Waals surface area contributed by atoms with E-state index in [1.54, 1.807) is 24.3 Å². The maximum atomic E-state index is 11.5. The molecule has 5 heteroatoms. The highest BCUT2D eigenvalue weighted by molar-refractivity contribution is 7.49. The van der Waals surface area contributed by atoms with E-state index in [1.165, 1.54) is 10.9 Å². The van der Waals surface area contributed by atoms with Crippen LogP contribution in [0.5, 0.6) is 0 Å². The van der Waals surface area contributed by atoms with E-state index in [0.29, 0.717) is 26.8 Å². The number of hydrogen-bond donors (Lipinski definition) is 0. The van der Waals surface area contributed by atoms with Gasteiger partial charge >= 0.3 is 5.97 Å². The Morgan fingerprint density at radius 1 is 1.24 bits per heavy atom. The van der Waals surface area contributed by atoms with E-state index < -0.39 is 0 Å². The van der Waals surface area contributed by atoms with Gasteiger partial charge < -0.3 is 4.74 Å². The second-order valence-corrected chi connectivity index (χ2v) is 7.48. The number of hydrogen-bond acceptors (Lipinski definition) is 4. The summed E-state index contributed by atoms with van der Waals surface area (Å²) in [6, 6.07) is 15.3. The predicted molar refractivity (Wildman–Crippen MR) is 105 cm³/mol. The minimum Gasteiger partial charge on any atom is -0.465 e. The molecule has 4 nitrogen and oxygen atoms in total. The molecule has 0 spiro atoms. The molecule has 1 fully saturated rings. The fourth-order valence-corrected chi connectivity index (χ4v) is 3.90. The van der Waals surface area contributed by atoms with Crippen LogP contribution in [0.3, 0.4) is 0 Å². The quantitative estimate of drug-likeness (QED) is 0.458. The number of carbonyl (C=O) groups is 1. The Balaban J connectivity index is 0.000000196. The van der Waals surface area contributed by atoms with E-state index in [1.807, 2.05) is 12.1 Å². The van der Waals surface area contributed by atoms with Gasteiger partial charge in [-0.1, -0.05) is 70.1 Å². The Hall–Kier alpha value is -2.32. The maximum Gasteiger partial charge on any atom is 0.313 e. The molecule has 0 amide bonds. The monoisotopic (exact) mass is 355 g/mol. The van der Waals surface area contributed by atoms with Gasteiger partial charge in [0.1, 0.15) is 5.69 Å². The molecule has 2 aromatic rings. The minimum atomic E-state index is -0.0256. The van der Waals surface area contributed by atoms with Crippen LogP contribution < -0.4 is 5.30 Å². The fourth-order valence-electron chi connectivity index (χ4n) is 2.46. The number of aryl methyl sites for hydroxylation is 1. The summed E-state index contributed by atoms with van der Waals surface area (Å²) >= 11 is 0. The van der Waals surface area contributed by atoms with Gasteiger partial charge in [-0.3, -0.25) is 4.79 Å². The van der Waals surface area contributed by atoms with Crippen molar-refractivity contribution in [3.63, 3.8) is 0 Å². The third-order valence-corrected chi connectivity index (χ3v) is 5.62. The first-order chi connectivity index (χ1) is 12.0. The molecule has 3 atom stereocenters. The van der Waals surface area contributed by atoms with Crippen molar-refractivity contribution in [3.8, 4) is 0 Å². The number of cyclic esters (lactones) is 1. The molecule has 1 aliphatic rings. The molecule has 1 saturated heterocycles. The van der Waals surface area contributed by atoms with E-state index in [9.17, 15) is 9.70 Å². The van der Waals surface area contributed by atoms with E-state index in [4.69, 9.17) is 4.74 Å². The fraction of sp³-hybridized carbons (Fsp3) is 0.250. The molecule has 0 radical (unpaired) electrons. The summed E-state index contributed by atoms with van der Waals surface area (Å²) in [6.07, 6.45) is 1.68. The number of nitrogens with zero attached hydrogens (tertiary/aromatic N) is 1. The number of esters is 1. The highest BCUT2D eigenvalue weighted by Crippen LogP contribution is 2.31. The van der Waals surface area contributed by atoms with Gasteiger partial charge in [0, 0.05) is 5.92 Å². The summed E-state index contributed by atoms with van der Waals surface area (Å²) in [5, 5.41) is 4.04. The van der Waals surface area contributed by atoms with Crippen molar-refractivity contribution in [2.45, 2.75) is 19.5 Å². The van der Waals surface area contributed by atoms with Crippen molar-refractivity contribution in [1.82, 2.24) is 0 Å². The third-order valence-electron chi connectivity index (χ3n) is 3.86. The topological polar surface area (TPSA) is 55.7 Å². The molecular weight excluding hydrogens is 333 g/mol. The molecule has 1 aliphatic heterocycles. The lowest BCUT2D eigenvalue weighted by Gasteiger charge is -2.10. The standard InChI is InChI=1S/C12H15O2P.C8H7NO/c1-8-4-3-5-10(6-8)15-11-9(2)7-14-12(11)13;1-2-7-4-3-5-8(6-7)9-10/h3-6,9,11,15H,7H2,1-2H3;2-6H,1H2. The van der Waals surface area contributed by atoms with Gasteiger partial charge in [0.15, 0.2) is 0 Å². The first-order valence-electron chi connectivity index (χ1n) is 8.09. The average molecular weight is 355 g/mol. The molecule has 0 aliphatic carbocycles. The zero-order chi connectivity index (χ0) is 18.2. The van der Waals surface area contributed by atoms with Gasteiger partial charge in [0.2, 0.25) is 0 Å². The van der Waals surface area contributed by atoms with Crippen molar-refractivity contribution in [1.29, 1.82) is 0 Å². The number of carbonyl (C=O) groups excluding carboxylic acids is 1. The van der Waals surface area contributed by atoms with Crippen LogP contribution in [0.1, 0.15) is 18.1 Å². The number of benzene rings is 2. The summed E-state index contributed by atoms with van der Waals surface area (Å²) in [6.45, 7) is 8.30. The normalized spacial score (nSPS) is 19.2. The first kappa shape index (κ1) is 19.0. The molecule has 2 aromatic carbocycles. The number of rotatable bonds is 4. The smallest absolute Gasteiger partial charge is 0.313 e. The largest absolute Gasteiger partial charge is 0.465 e. The number of ether oxygens (including phenoxy) is 1. The Morgan fingerprint density at radius 3 is 2.60 bits per heavy atom. The van der Waals surface area contributed by atoms with Gasteiger partial charge in [-0.05, 0) is 35.1 Å². The highest BCUT2D eigenvalue weighted by Gasteiger charge is 2.33. The van der Waals surface area contributed by atoms with Crippen molar-refractivity contribution < 1.29 is 9.53 Å². The molecule has 1 heterocycles. The van der Waals surface area contributed by atoms with Crippen LogP contribution >= 0.6 is 8.58 Å². The maximum absolute atomic E-state index is 11.5. The second kappa shape index (κ2) is 9.24. The molecule has 0 aromatic heterocycles. The highest BCUT2D eigenvalue weighted by atomic mass is 31.1. The van der Waals surface area contributed by atoms with E-state index >= 15 is 0 Å². The lowest BCUT2D eigenvalue weighted by Crippen LogP contribution is -2.18. The zero-order valence-corrected chi connectivity index (χ0v) is 15.4. The van der Waals surface area contributed by atoms with Crippen molar-refractivity contribution in [3.05, 3.63) is 71.1 Å². The molecule has 3 unspecified atom stereocenters. The Labute approximate surface area is 150 Å². The molecule has 130 valence electrons. The molecule has 0 N–H and O–H groups in total. The zero-order valence-electron chi connectivity index (χ0n) is 14.4. The molecule has 3 rings (SSSR count). The third kappa shape index (κ3) is 5.61. The van der Waals surface area contributed by atoms with Crippen molar-refractivity contribution in [2.75, 3.05) is 6.61 Å². The van der Waals surface area contributed by atoms with Crippen LogP contribution in [0, 0.1) is 17.7 Å². The van der Waals surface area contributed by atoms with Gasteiger partial charge in [-0.2, -0.15) is 0 Å². The average Bonchev–Trinajstić information content (AvgIpc) is 2.94. The molecular formula is C20H22NO3P. The van der Waals surface area contributed by atoms with E-state index in [0.717, 1.165) is 5.56 Å².